The van der Waals surface area contributed by atoms with Gasteiger partial charge in [0.2, 0.25) is 5.91 Å². The zero-order valence-corrected chi connectivity index (χ0v) is 18.9. The lowest BCUT2D eigenvalue weighted by Crippen LogP contribution is -2.50. The zero-order valence-electron chi connectivity index (χ0n) is 16.5. The van der Waals surface area contributed by atoms with E-state index in [-0.39, 0.29) is 30.3 Å². The lowest BCUT2D eigenvalue weighted by atomic mass is 9.94. The molecule has 1 atom stereocenters. The minimum absolute atomic E-state index is 0. The number of amides is 1. The second-order valence-electron chi connectivity index (χ2n) is 7.45. The number of hydrogen-bond acceptors (Lipinski definition) is 4. The van der Waals surface area contributed by atoms with Gasteiger partial charge in [-0.2, -0.15) is 0 Å². The van der Waals surface area contributed by atoms with E-state index >= 15 is 0 Å². The Kier molecular flexibility index (Phi) is 9.28. The molecule has 2 aliphatic heterocycles. The van der Waals surface area contributed by atoms with Crippen molar-refractivity contribution in [2.24, 2.45) is 0 Å². The van der Waals surface area contributed by atoms with E-state index in [1.54, 1.807) is 18.2 Å². The topological polar surface area (TPSA) is 49.9 Å². The first-order valence-corrected chi connectivity index (χ1v) is 10.4. The van der Waals surface area contributed by atoms with E-state index in [1.807, 2.05) is 11.0 Å². The molecule has 0 aliphatic carbocycles. The number of hydrogen-bond donors (Lipinski definition) is 0. The van der Waals surface area contributed by atoms with Gasteiger partial charge in [-0.25, -0.2) is 4.79 Å². The molecule has 8 heteroatoms. The summed E-state index contributed by atoms with van der Waals surface area (Å²) < 4.78 is 4.77. The van der Waals surface area contributed by atoms with Crippen LogP contribution in [0.1, 0.15) is 31.2 Å². The Hall–Kier alpha value is -1.27. The Labute approximate surface area is 188 Å². The van der Waals surface area contributed by atoms with E-state index in [1.165, 1.54) is 20.0 Å². The van der Waals surface area contributed by atoms with Gasteiger partial charge in [0.1, 0.15) is 0 Å². The van der Waals surface area contributed by atoms with Gasteiger partial charge in [-0.1, -0.05) is 34.8 Å². The van der Waals surface area contributed by atoms with Crippen LogP contribution in [0.3, 0.4) is 0 Å². The van der Waals surface area contributed by atoms with E-state index < -0.39 is 0 Å². The summed E-state index contributed by atoms with van der Waals surface area (Å²) in [5.41, 5.74) is 1.91. The van der Waals surface area contributed by atoms with Crippen molar-refractivity contribution < 1.29 is 14.3 Å². The molecule has 2 saturated heterocycles. The average molecular weight is 462 g/mol. The number of nitrogens with zero attached hydrogens (tertiary/aromatic N) is 2. The highest BCUT2D eigenvalue weighted by atomic mass is 35.5. The Balaban J connectivity index is 0.00000300. The van der Waals surface area contributed by atoms with Gasteiger partial charge >= 0.3 is 5.97 Å². The summed E-state index contributed by atoms with van der Waals surface area (Å²) in [4.78, 5) is 29.1. The third-order valence-electron chi connectivity index (χ3n) is 5.46. The van der Waals surface area contributed by atoms with Crippen molar-refractivity contribution in [2.75, 3.05) is 33.3 Å². The fraction of sp³-hybridized carbons (Fsp3) is 0.524. The summed E-state index contributed by atoms with van der Waals surface area (Å²) in [7, 11) is 1.39. The largest absolute Gasteiger partial charge is 0.466 e. The lowest BCUT2D eigenvalue weighted by Gasteiger charge is -2.39. The number of benzene rings is 1. The van der Waals surface area contributed by atoms with Gasteiger partial charge < -0.3 is 14.5 Å². The van der Waals surface area contributed by atoms with E-state index in [9.17, 15) is 9.59 Å². The number of piperidine rings is 1. The smallest absolute Gasteiger partial charge is 0.330 e. The number of ether oxygens (including phenoxy) is 1. The van der Waals surface area contributed by atoms with Gasteiger partial charge in [0.25, 0.3) is 0 Å². The van der Waals surface area contributed by atoms with Crippen LogP contribution in [-0.4, -0.2) is 61.0 Å². The van der Waals surface area contributed by atoms with Crippen LogP contribution in [0.15, 0.2) is 29.8 Å². The predicted octanol–water partition coefficient (Wildman–Crippen LogP) is 4.14. The number of likely N-dealkylation sites (tertiary alicyclic amines) is 2. The SMILES string of the molecule is COC(=O)C=C1CCN(C(=O)Cc2ccc(Cl)c(Cl)c2)C(CN2CCCC2)C1.Cl. The molecule has 2 aliphatic rings. The molecular weight excluding hydrogens is 435 g/mol. The molecule has 1 aromatic carbocycles. The van der Waals surface area contributed by atoms with Gasteiger partial charge in [0.05, 0.1) is 23.6 Å². The molecule has 0 bridgehead atoms. The number of halogens is 3. The molecule has 0 saturated carbocycles. The first-order chi connectivity index (χ1) is 13.5. The Bertz CT molecular complexity index is 764. The Morgan fingerprint density at radius 3 is 2.55 bits per heavy atom. The molecule has 1 amide bonds. The number of carbonyl (C=O) groups is 2. The summed E-state index contributed by atoms with van der Waals surface area (Å²) >= 11 is 12.1. The summed E-state index contributed by atoms with van der Waals surface area (Å²) in [5, 5.41) is 0.947. The maximum Gasteiger partial charge on any atom is 0.330 e. The molecule has 0 spiro atoms. The minimum atomic E-state index is -0.328. The summed E-state index contributed by atoms with van der Waals surface area (Å²) in [5.74, 6) is -0.245. The van der Waals surface area contributed by atoms with E-state index in [0.717, 1.165) is 30.8 Å². The molecule has 1 aromatic rings. The highest BCUT2D eigenvalue weighted by Gasteiger charge is 2.31. The van der Waals surface area contributed by atoms with Crippen molar-refractivity contribution in [1.82, 2.24) is 9.80 Å². The highest BCUT2D eigenvalue weighted by molar-refractivity contribution is 6.42. The van der Waals surface area contributed by atoms with Crippen LogP contribution in [0.25, 0.3) is 0 Å². The number of rotatable bonds is 5. The van der Waals surface area contributed by atoms with Gasteiger partial charge in [-0.05, 0) is 56.5 Å². The van der Waals surface area contributed by atoms with Gasteiger partial charge in [0.15, 0.2) is 0 Å². The summed E-state index contributed by atoms with van der Waals surface area (Å²) in [6.45, 7) is 3.59. The third kappa shape index (κ3) is 6.61. The van der Waals surface area contributed by atoms with Crippen molar-refractivity contribution in [1.29, 1.82) is 0 Å². The Morgan fingerprint density at radius 2 is 1.90 bits per heavy atom. The molecule has 29 heavy (non-hydrogen) atoms. The van der Waals surface area contributed by atoms with Crippen LogP contribution in [0.4, 0.5) is 0 Å². The minimum Gasteiger partial charge on any atom is -0.466 e. The molecule has 1 unspecified atom stereocenters. The third-order valence-corrected chi connectivity index (χ3v) is 6.20. The van der Waals surface area contributed by atoms with Crippen molar-refractivity contribution in [2.45, 2.75) is 38.1 Å². The normalized spacial score (nSPS) is 21.1. The average Bonchev–Trinajstić information content (AvgIpc) is 3.18. The van der Waals surface area contributed by atoms with Gasteiger partial charge in [-0.3, -0.25) is 4.79 Å². The molecule has 3 rings (SSSR count). The zero-order chi connectivity index (χ0) is 20.1. The second kappa shape index (κ2) is 11.2. The fourth-order valence-corrected chi connectivity index (χ4v) is 4.32. The number of carbonyl (C=O) groups excluding carboxylic acids is 2. The first-order valence-electron chi connectivity index (χ1n) is 9.69. The van der Waals surface area contributed by atoms with Crippen LogP contribution in [0.5, 0.6) is 0 Å². The first kappa shape index (κ1) is 24.0. The van der Waals surface area contributed by atoms with Crippen LogP contribution in [-0.2, 0) is 20.7 Å². The quantitative estimate of drug-likeness (QED) is 0.488. The van der Waals surface area contributed by atoms with Gasteiger partial charge in [0, 0.05) is 25.2 Å². The van der Waals surface area contributed by atoms with E-state index in [2.05, 4.69) is 4.90 Å². The second-order valence-corrected chi connectivity index (χ2v) is 8.27. The van der Waals surface area contributed by atoms with E-state index in [0.29, 0.717) is 35.9 Å². The maximum atomic E-state index is 13.1. The molecule has 160 valence electrons. The van der Waals surface area contributed by atoms with Gasteiger partial charge in [-0.15, -0.1) is 12.4 Å². The van der Waals surface area contributed by atoms with Crippen molar-refractivity contribution in [3.05, 3.63) is 45.5 Å². The molecule has 5 nitrogen and oxygen atoms in total. The van der Waals surface area contributed by atoms with Crippen LogP contribution >= 0.6 is 35.6 Å². The monoisotopic (exact) mass is 460 g/mol. The molecule has 2 heterocycles. The lowest BCUT2D eigenvalue weighted by molar-refractivity contribution is -0.134. The van der Waals surface area contributed by atoms with Crippen LogP contribution < -0.4 is 0 Å². The van der Waals surface area contributed by atoms with Crippen molar-refractivity contribution in [3.8, 4) is 0 Å². The molecule has 0 aromatic heterocycles. The van der Waals surface area contributed by atoms with Crippen LogP contribution in [0, 0.1) is 0 Å². The van der Waals surface area contributed by atoms with E-state index in [4.69, 9.17) is 27.9 Å². The maximum absolute atomic E-state index is 13.1. The summed E-state index contributed by atoms with van der Waals surface area (Å²) in [6.07, 6.45) is 5.68. The molecule has 0 N–H and O–H groups in total. The predicted molar refractivity (Wildman–Crippen MR) is 118 cm³/mol. The molecule has 0 radical (unpaired) electrons. The summed E-state index contributed by atoms with van der Waals surface area (Å²) in [6, 6.07) is 5.39. The number of esters is 1. The standard InChI is InChI=1S/C21H26Cl2N2O3.ClH/c1-28-21(27)13-16-6-9-25(17(10-16)14-24-7-2-3-8-24)20(26)12-15-4-5-18(22)19(23)11-15;/h4-5,11,13,17H,2-3,6-10,12,14H2,1H3;1H. The van der Waals surface area contributed by atoms with Crippen molar-refractivity contribution >= 4 is 47.5 Å². The van der Waals surface area contributed by atoms with Crippen molar-refractivity contribution in [3.63, 3.8) is 0 Å². The Morgan fingerprint density at radius 1 is 1.17 bits per heavy atom. The fourth-order valence-electron chi connectivity index (χ4n) is 4.00. The molecular formula is C21H27Cl3N2O3. The number of methoxy groups -OCH3 is 1. The molecule has 2 fully saturated rings. The highest BCUT2D eigenvalue weighted by Crippen LogP contribution is 2.27. The van der Waals surface area contributed by atoms with Crippen LogP contribution in [0.2, 0.25) is 10.0 Å².